The van der Waals surface area contributed by atoms with Crippen molar-refractivity contribution in [3.63, 3.8) is 0 Å². The van der Waals surface area contributed by atoms with Gasteiger partial charge in [0.25, 0.3) is 5.91 Å². The van der Waals surface area contributed by atoms with E-state index >= 15 is 0 Å². The standard InChI is InChI=1S/C21H20N6OS/c28-21(24-17-14-23-7-5-18(17)26-11-8-22-9-12-26)16-6-10-27(25-16)20-13-15-3-1-2-4-19(15)29-20/h1-7,10,13-14,22H,8-9,11-12H2,(H,24,28). The number of fused-ring (bicyclic) bond motifs is 1. The molecule has 4 aromatic rings. The van der Waals surface area contributed by atoms with Gasteiger partial charge in [-0.2, -0.15) is 5.10 Å². The summed E-state index contributed by atoms with van der Waals surface area (Å²) in [5.74, 6) is -0.241. The zero-order chi connectivity index (χ0) is 19.6. The summed E-state index contributed by atoms with van der Waals surface area (Å²) in [5, 5.41) is 13.0. The molecule has 8 heteroatoms. The lowest BCUT2D eigenvalue weighted by atomic mass is 10.2. The zero-order valence-corrected chi connectivity index (χ0v) is 16.5. The Labute approximate surface area is 172 Å². The molecule has 1 amide bonds. The molecular weight excluding hydrogens is 384 g/mol. The molecule has 0 atom stereocenters. The van der Waals surface area contributed by atoms with Crippen LogP contribution in [0.25, 0.3) is 15.1 Å². The van der Waals surface area contributed by atoms with E-state index in [2.05, 4.69) is 43.8 Å². The lowest BCUT2D eigenvalue weighted by Crippen LogP contribution is -2.43. The monoisotopic (exact) mass is 404 g/mol. The van der Waals surface area contributed by atoms with Crippen LogP contribution in [-0.2, 0) is 0 Å². The Bertz CT molecular complexity index is 1130. The summed E-state index contributed by atoms with van der Waals surface area (Å²) in [7, 11) is 0. The highest BCUT2D eigenvalue weighted by Gasteiger charge is 2.18. The van der Waals surface area contributed by atoms with Crippen molar-refractivity contribution in [1.82, 2.24) is 20.1 Å². The molecule has 1 aliphatic rings. The van der Waals surface area contributed by atoms with Gasteiger partial charge in [-0.15, -0.1) is 11.3 Å². The largest absolute Gasteiger partial charge is 0.367 e. The minimum absolute atomic E-state index is 0.241. The number of benzene rings is 1. The van der Waals surface area contributed by atoms with Crippen LogP contribution in [0.2, 0.25) is 0 Å². The molecule has 0 radical (unpaired) electrons. The summed E-state index contributed by atoms with van der Waals surface area (Å²) < 4.78 is 2.94. The molecule has 5 rings (SSSR count). The molecule has 29 heavy (non-hydrogen) atoms. The summed E-state index contributed by atoms with van der Waals surface area (Å²) in [6.45, 7) is 3.64. The summed E-state index contributed by atoms with van der Waals surface area (Å²) in [6, 6.07) is 14.0. The fourth-order valence-corrected chi connectivity index (χ4v) is 4.50. The topological polar surface area (TPSA) is 75.1 Å². The lowest BCUT2D eigenvalue weighted by molar-refractivity contribution is 0.102. The SMILES string of the molecule is O=C(Nc1cnccc1N1CCNCC1)c1ccn(-c2cc3ccccc3s2)n1. The van der Waals surface area contributed by atoms with Gasteiger partial charge in [0.15, 0.2) is 5.69 Å². The van der Waals surface area contributed by atoms with Crippen molar-refractivity contribution >= 4 is 38.7 Å². The van der Waals surface area contributed by atoms with Crippen LogP contribution in [0.5, 0.6) is 0 Å². The molecule has 7 nitrogen and oxygen atoms in total. The third kappa shape index (κ3) is 3.59. The van der Waals surface area contributed by atoms with Gasteiger partial charge in [0, 0.05) is 43.3 Å². The smallest absolute Gasteiger partial charge is 0.276 e. The van der Waals surface area contributed by atoms with Crippen LogP contribution in [0.1, 0.15) is 10.5 Å². The van der Waals surface area contributed by atoms with Crippen molar-refractivity contribution in [3.8, 4) is 5.00 Å². The van der Waals surface area contributed by atoms with Crippen molar-refractivity contribution in [3.05, 3.63) is 66.7 Å². The third-order valence-electron chi connectivity index (χ3n) is 4.96. The normalized spacial score (nSPS) is 14.3. The van der Waals surface area contributed by atoms with E-state index in [-0.39, 0.29) is 5.91 Å². The first-order valence-corrected chi connectivity index (χ1v) is 10.4. The van der Waals surface area contributed by atoms with Gasteiger partial charge < -0.3 is 15.5 Å². The van der Waals surface area contributed by atoms with Crippen molar-refractivity contribution in [1.29, 1.82) is 0 Å². The van der Waals surface area contributed by atoms with Crippen LogP contribution in [0, 0.1) is 0 Å². The number of anilines is 2. The van der Waals surface area contributed by atoms with Gasteiger partial charge in [0.1, 0.15) is 5.00 Å². The Balaban J connectivity index is 1.37. The number of pyridine rings is 1. The minimum Gasteiger partial charge on any atom is -0.367 e. The first kappa shape index (κ1) is 17.8. The molecule has 0 unspecified atom stereocenters. The van der Waals surface area contributed by atoms with Crippen LogP contribution in [0.4, 0.5) is 11.4 Å². The number of aromatic nitrogens is 3. The van der Waals surface area contributed by atoms with E-state index in [4.69, 9.17) is 0 Å². The molecule has 1 aromatic carbocycles. The number of piperazine rings is 1. The Kier molecular flexibility index (Phi) is 4.71. The number of hydrogen-bond acceptors (Lipinski definition) is 6. The second kappa shape index (κ2) is 7.65. The molecule has 2 N–H and O–H groups in total. The molecule has 1 saturated heterocycles. The van der Waals surface area contributed by atoms with E-state index in [0.29, 0.717) is 11.4 Å². The fourth-order valence-electron chi connectivity index (χ4n) is 3.50. The predicted octanol–water partition coefficient (Wildman–Crippen LogP) is 3.14. The fraction of sp³-hybridized carbons (Fsp3) is 0.190. The first-order chi connectivity index (χ1) is 14.3. The second-order valence-electron chi connectivity index (χ2n) is 6.85. The summed E-state index contributed by atoms with van der Waals surface area (Å²) >= 11 is 1.65. The third-order valence-corrected chi connectivity index (χ3v) is 6.07. The molecule has 3 aromatic heterocycles. The summed E-state index contributed by atoms with van der Waals surface area (Å²) in [5.41, 5.74) is 2.06. The van der Waals surface area contributed by atoms with Gasteiger partial charge in [-0.05, 0) is 29.7 Å². The quantitative estimate of drug-likeness (QED) is 0.547. The zero-order valence-electron chi connectivity index (χ0n) is 15.7. The maximum absolute atomic E-state index is 12.8. The molecule has 0 spiro atoms. The number of hydrogen-bond donors (Lipinski definition) is 2. The number of nitrogens with zero attached hydrogens (tertiary/aromatic N) is 4. The molecule has 146 valence electrons. The molecule has 1 aliphatic heterocycles. The van der Waals surface area contributed by atoms with Crippen molar-refractivity contribution in [2.24, 2.45) is 0 Å². The Morgan fingerprint density at radius 1 is 1.14 bits per heavy atom. The lowest BCUT2D eigenvalue weighted by Gasteiger charge is -2.30. The van der Waals surface area contributed by atoms with Crippen molar-refractivity contribution in [2.75, 3.05) is 36.4 Å². The highest BCUT2D eigenvalue weighted by atomic mass is 32.1. The van der Waals surface area contributed by atoms with Crippen molar-refractivity contribution < 1.29 is 4.79 Å². The first-order valence-electron chi connectivity index (χ1n) is 9.53. The van der Waals surface area contributed by atoms with Gasteiger partial charge in [-0.25, -0.2) is 4.68 Å². The molecular formula is C21H20N6OS. The van der Waals surface area contributed by atoms with E-state index in [1.807, 2.05) is 24.4 Å². The number of carbonyl (C=O) groups is 1. The van der Waals surface area contributed by atoms with Crippen molar-refractivity contribution in [2.45, 2.75) is 0 Å². The summed E-state index contributed by atoms with van der Waals surface area (Å²) in [4.78, 5) is 19.3. The van der Waals surface area contributed by atoms with Crippen LogP contribution in [0.3, 0.4) is 0 Å². The highest BCUT2D eigenvalue weighted by Crippen LogP contribution is 2.28. The highest BCUT2D eigenvalue weighted by molar-refractivity contribution is 7.21. The van der Waals surface area contributed by atoms with Crippen LogP contribution in [-0.4, -0.2) is 46.9 Å². The number of nitrogens with one attached hydrogen (secondary N) is 2. The second-order valence-corrected chi connectivity index (χ2v) is 7.91. The molecule has 0 saturated carbocycles. The maximum atomic E-state index is 12.8. The van der Waals surface area contributed by atoms with Crippen LogP contribution < -0.4 is 15.5 Å². The number of amides is 1. The van der Waals surface area contributed by atoms with E-state index < -0.39 is 0 Å². The van der Waals surface area contributed by atoms with Gasteiger partial charge in [0.2, 0.25) is 0 Å². The Hall–Kier alpha value is -3.23. The van der Waals surface area contributed by atoms with E-state index in [1.54, 1.807) is 34.5 Å². The van der Waals surface area contributed by atoms with Gasteiger partial charge in [0.05, 0.1) is 17.6 Å². The van der Waals surface area contributed by atoms with E-state index in [9.17, 15) is 4.79 Å². The number of rotatable bonds is 4. The average Bonchev–Trinajstić information content (AvgIpc) is 3.42. The van der Waals surface area contributed by atoms with Crippen LogP contribution in [0.15, 0.2) is 61.1 Å². The average molecular weight is 404 g/mol. The maximum Gasteiger partial charge on any atom is 0.276 e. The summed E-state index contributed by atoms with van der Waals surface area (Å²) in [6.07, 6.45) is 5.27. The molecule has 1 fully saturated rings. The van der Waals surface area contributed by atoms with E-state index in [1.165, 1.54) is 10.1 Å². The Morgan fingerprint density at radius 2 is 2.00 bits per heavy atom. The van der Waals surface area contributed by atoms with Gasteiger partial charge >= 0.3 is 0 Å². The predicted molar refractivity (Wildman–Crippen MR) is 116 cm³/mol. The minimum atomic E-state index is -0.241. The van der Waals surface area contributed by atoms with Gasteiger partial charge in [-0.1, -0.05) is 18.2 Å². The molecule has 0 aliphatic carbocycles. The number of carbonyl (C=O) groups excluding carboxylic acids is 1. The van der Waals surface area contributed by atoms with Gasteiger partial charge in [-0.3, -0.25) is 9.78 Å². The molecule has 0 bridgehead atoms. The Morgan fingerprint density at radius 3 is 2.86 bits per heavy atom. The van der Waals surface area contributed by atoms with E-state index in [0.717, 1.165) is 36.9 Å². The van der Waals surface area contributed by atoms with Crippen LogP contribution >= 0.6 is 11.3 Å². The molecule has 4 heterocycles. The number of thiophene rings is 1.